The SMILES string of the molecule is CNc1nnc(C(=O)Nc2cccc3cccnc23)s1. The van der Waals surface area contributed by atoms with Gasteiger partial charge in [-0.15, -0.1) is 10.2 Å². The van der Waals surface area contributed by atoms with Gasteiger partial charge in [0.1, 0.15) is 0 Å². The van der Waals surface area contributed by atoms with E-state index in [0.29, 0.717) is 15.8 Å². The molecule has 1 amide bonds. The Morgan fingerprint density at radius 3 is 2.85 bits per heavy atom. The van der Waals surface area contributed by atoms with Gasteiger partial charge in [0, 0.05) is 18.6 Å². The highest BCUT2D eigenvalue weighted by molar-refractivity contribution is 7.17. The Morgan fingerprint density at radius 2 is 2.05 bits per heavy atom. The highest BCUT2D eigenvalue weighted by Gasteiger charge is 2.13. The number of benzene rings is 1. The molecule has 100 valence electrons. The number of carbonyl (C=O) groups excluding carboxylic acids is 1. The van der Waals surface area contributed by atoms with E-state index in [4.69, 9.17) is 0 Å². The third-order valence-electron chi connectivity index (χ3n) is 2.71. The minimum atomic E-state index is -0.290. The molecule has 2 heterocycles. The van der Waals surface area contributed by atoms with Crippen molar-refractivity contribution in [3.05, 3.63) is 41.5 Å². The van der Waals surface area contributed by atoms with Crippen molar-refractivity contribution < 1.29 is 4.79 Å². The van der Waals surface area contributed by atoms with Crippen LogP contribution in [0.15, 0.2) is 36.5 Å². The standard InChI is InChI=1S/C13H11N5OS/c1-14-13-18-17-12(20-13)11(19)16-9-6-2-4-8-5-3-7-15-10(8)9/h2-7H,1H3,(H,14,18)(H,16,19). The molecule has 0 atom stereocenters. The highest BCUT2D eigenvalue weighted by atomic mass is 32.1. The number of aromatic nitrogens is 3. The maximum atomic E-state index is 12.1. The summed E-state index contributed by atoms with van der Waals surface area (Å²) in [5.74, 6) is -0.290. The molecule has 0 spiro atoms. The molecule has 0 unspecified atom stereocenters. The van der Waals surface area contributed by atoms with Gasteiger partial charge in [-0.3, -0.25) is 9.78 Å². The molecule has 3 aromatic rings. The zero-order valence-electron chi connectivity index (χ0n) is 10.6. The number of rotatable bonds is 3. The highest BCUT2D eigenvalue weighted by Crippen LogP contribution is 2.22. The fourth-order valence-corrected chi connectivity index (χ4v) is 2.39. The van der Waals surface area contributed by atoms with E-state index >= 15 is 0 Å². The van der Waals surface area contributed by atoms with Gasteiger partial charge >= 0.3 is 0 Å². The number of anilines is 2. The largest absolute Gasteiger partial charge is 0.363 e. The van der Waals surface area contributed by atoms with Crippen molar-refractivity contribution in [3.63, 3.8) is 0 Å². The second kappa shape index (κ2) is 5.22. The monoisotopic (exact) mass is 285 g/mol. The molecular formula is C13H11N5OS. The van der Waals surface area contributed by atoms with Crippen LogP contribution in [0.5, 0.6) is 0 Å². The summed E-state index contributed by atoms with van der Waals surface area (Å²) in [6, 6.07) is 9.44. The first-order chi connectivity index (χ1) is 9.78. The first kappa shape index (κ1) is 12.5. The molecule has 0 radical (unpaired) electrons. The molecule has 7 heteroatoms. The summed E-state index contributed by atoms with van der Waals surface area (Å²) in [6.07, 6.45) is 1.70. The van der Waals surface area contributed by atoms with Crippen molar-refractivity contribution in [3.8, 4) is 0 Å². The van der Waals surface area contributed by atoms with E-state index in [9.17, 15) is 4.79 Å². The Labute approximate surface area is 118 Å². The molecule has 0 fully saturated rings. The quantitative estimate of drug-likeness (QED) is 0.772. The molecule has 2 aromatic heterocycles. The predicted octanol–water partition coefficient (Wildman–Crippen LogP) is 2.38. The Balaban J connectivity index is 1.91. The molecule has 2 N–H and O–H groups in total. The van der Waals surface area contributed by atoms with Gasteiger partial charge in [0.05, 0.1) is 11.2 Å². The number of amides is 1. The van der Waals surface area contributed by atoms with Crippen LogP contribution >= 0.6 is 11.3 Å². The van der Waals surface area contributed by atoms with Crippen LogP contribution in [0, 0.1) is 0 Å². The average Bonchev–Trinajstić information content (AvgIpc) is 2.97. The number of pyridine rings is 1. The van der Waals surface area contributed by atoms with E-state index < -0.39 is 0 Å². The lowest BCUT2D eigenvalue weighted by atomic mass is 10.2. The van der Waals surface area contributed by atoms with Crippen molar-refractivity contribution in [1.82, 2.24) is 15.2 Å². The molecule has 0 bridgehead atoms. The van der Waals surface area contributed by atoms with Crippen LogP contribution < -0.4 is 10.6 Å². The molecule has 20 heavy (non-hydrogen) atoms. The number of carbonyl (C=O) groups is 1. The molecule has 0 aliphatic rings. The molecule has 6 nitrogen and oxygen atoms in total. The summed E-state index contributed by atoms with van der Waals surface area (Å²) in [5.41, 5.74) is 1.41. The zero-order chi connectivity index (χ0) is 13.9. The van der Waals surface area contributed by atoms with Crippen LogP contribution in [0.1, 0.15) is 9.80 Å². The van der Waals surface area contributed by atoms with E-state index in [1.165, 1.54) is 11.3 Å². The summed E-state index contributed by atoms with van der Waals surface area (Å²) >= 11 is 1.20. The lowest BCUT2D eigenvalue weighted by molar-refractivity contribution is 0.102. The van der Waals surface area contributed by atoms with Crippen molar-refractivity contribution in [2.45, 2.75) is 0 Å². The second-order valence-corrected chi connectivity index (χ2v) is 4.97. The van der Waals surface area contributed by atoms with Gasteiger partial charge in [0.15, 0.2) is 0 Å². The van der Waals surface area contributed by atoms with E-state index in [-0.39, 0.29) is 5.91 Å². The summed E-state index contributed by atoms with van der Waals surface area (Å²) in [7, 11) is 1.73. The number of hydrogen-bond acceptors (Lipinski definition) is 6. The Kier molecular flexibility index (Phi) is 3.26. The smallest absolute Gasteiger partial charge is 0.286 e. The Bertz CT molecular complexity index is 765. The zero-order valence-corrected chi connectivity index (χ0v) is 11.4. The number of nitrogens with zero attached hydrogens (tertiary/aromatic N) is 3. The Hall–Kier alpha value is -2.54. The topological polar surface area (TPSA) is 79.8 Å². The van der Waals surface area contributed by atoms with Crippen molar-refractivity contribution in [2.24, 2.45) is 0 Å². The fraction of sp³-hybridized carbons (Fsp3) is 0.0769. The predicted molar refractivity (Wildman–Crippen MR) is 79.2 cm³/mol. The van der Waals surface area contributed by atoms with Gasteiger partial charge in [-0.2, -0.15) is 0 Å². The number of fused-ring (bicyclic) bond motifs is 1. The van der Waals surface area contributed by atoms with Gasteiger partial charge in [-0.1, -0.05) is 29.5 Å². The van der Waals surface area contributed by atoms with Gasteiger partial charge < -0.3 is 10.6 Å². The molecule has 3 rings (SSSR count). The number of hydrogen-bond donors (Lipinski definition) is 2. The summed E-state index contributed by atoms with van der Waals surface area (Å²) in [6.45, 7) is 0. The summed E-state index contributed by atoms with van der Waals surface area (Å²) in [5, 5.41) is 15.2. The van der Waals surface area contributed by atoms with Crippen molar-refractivity contribution in [1.29, 1.82) is 0 Å². The molecule has 0 aliphatic heterocycles. The van der Waals surface area contributed by atoms with Crippen LogP contribution in [-0.2, 0) is 0 Å². The van der Waals surface area contributed by atoms with Crippen LogP contribution in [0.25, 0.3) is 10.9 Å². The van der Waals surface area contributed by atoms with Gasteiger partial charge in [0.25, 0.3) is 5.91 Å². The van der Waals surface area contributed by atoms with E-state index in [2.05, 4.69) is 25.8 Å². The molecular weight excluding hydrogens is 274 g/mol. The van der Waals surface area contributed by atoms with Crippen molar-refractivity contribution in [2.75, 3.05) is 17.7 Å². The Morgan fingerprint density at radius 1 is 1.20 bits per heavy atom. The first-order valence-electron chi connectivity index (χ1n) is 5.94. The number of nitrogens with one attached hydrogen (secondary N) is 2. The van der Waals surface area contributed by atoms with E-state index in [1.54, 1.807) is 13.2 Å². The molecule has 0 saturated heterocycles. The van der Waals surface area contributed by atoms with E-state index in [0.717, 1.165) is 10.9 Å². The summed E-state index contributed by atoms with van der Waals surface area (Å²) < 4.78 is 0. The summed E-state index contributed by atoms with van der Waals surface area (Å²) in [4.78, 5) is 16.4. The molecule has 0 aliphatic carbocycles. The lowest BCUT2D eigenvalue weighted by Crippen LogP contribution is -2.12. The molecule has 0 saturated carbocycles. The minimum Gasteiger partial charge on any atom is -0.363 e. The minimum absolute atomic E-state index is 0.290. The van der Waals surface area contributed by atoms with Crippen LogP contribution in [0.3, 0.4) is 0 Å². The normalized spacial score (nSPS) is 10.4. The third kappa shape index (κ3) is 2.30. The number of para-hydroxylation sites is 1. The van der Waals surface area contributed by atoms with Gasteiger partial charge in [0.2, 0.25) is 10.1 Å². The van der Waals surface area contributed by atoms with Crippen LogP contribution in [0.4, 0.5) is 10.8 Å². The second-order valence-electron chi connectivity index (χ2n) is 4.00. The van der Waals surface area contributed by atoms with E-state index in [1.807, 2.05) is 30.3 Å². The first-order valence-corrected chi connectivity index (χ1v) is 6.76. The maximum Gasteiger partial charge on any atom is 0.286 e. The van der Waals surface area contributed by atoms with Gasteiger partial charge in [-0.05, 0) is 12.1 Å². The van der Waals surface area contributed by atoms with Crippen LogP contribution in [0.2, 0.25) is 0 Å². The third-order valence-corrected chi connectivity index (χ3v) is 3.65. The fourth-order valence-electron chi connectivity index (χ4n) is 1.80. The van der Waals surface area contributed by atoms with Gasteiger partial charge in [-0.25, -0.2) is 0 Å². The average molecular weight is 285 g/mol. The van der Waals surface area contributed by atoms with Crippen molar-refractivity contribution >= 4 is 39.0 Å². The lowest BCUT2D eigenvalue weighted by Gasteiger charge is -2.05. The van der Waals surface area contributed by atoms with Crippen LogP contribution in [-0.4, -0.2) is 28.1 Å². The molecule has 1 aromatic carbocycles. The maximum absolute atomic E-state index is 12.1.